The number of hydrogen-bond acceptors (Lipinski definition) is 10. The third-order valence-corrected chi connectivity index (χ3v) is 7.93. The zero-order chi connectivity index (χ0) is 34.3. The number of unbranched alkanes of at least 4 members (excludes halogenated alkanes) is 2. The number of methoxy groups -OCH3 is 1. The molecule has 0 unspecified atom stereocenters. The molecular weight excluding hydrogens is 622 g/mol. The lowest BCUT2D eigenvalue weighted by molar-refractivity contribution is -0.152. The van der Waals surface area contributed by atoms with Gasteiger partial charge in [0.1, 0.15) is 6.04 Å². The molecule has 0 saturated heterocycles. The molecule has 0 spiro atoms. The van der Waals surface area contributed by atoms with E-state index in [2.05, 4.69) is 44.5 Å². The van der Waals surface area contributed by atoms with Crippen molar-refractivity contribution in [1.29, 1.82) is 0 Å². The van der Waals surface area contributed by atoms with Crippen LogP contribution in [0.2, 0.25) is 5.15 Å². The van der Waals surface area contributed by atoms with Crippen LogP contribution in [0.15, 0.2) is 53.5 Å². The molecule has 3 rings (SSSR count). The molecule has 14 heteroatoms. The molecule has 13 nitrogen and oxygen atoms in total. The quantitative estimate of drug-likeness (QED) is 0.0651. The van der Waals surface area contributed by atoms with E-state index in [0.717, 1.165) is 48.8 Å². The van der Waals surface area contributed by atoms with Crippen molar-refractivity contribution < 1.29 is 19.1 Å². The highest BCUT2D eigenvalue weighted by Crippen LogP contribution is 2.22. The minimum absolute atomic E-state index is 0.0558. The van der Waals surface area contributed by atoms with E-state index in [4.69, 9.17) is 39.3 Å². The van der Waals surface area contributed by atoms with Crippen molar-refractivity contribution in [2.75, 3.05) is 38.7 Å². The smallest absolute Gasteiger partial charge is 0.328 e. The summed E-state index contributed by atoms with van der Waals surface area (Å²) in [6, 6.07) is 15.9. The molecule has 0 aliphatic carbocycles. The van der Waals surface area contributed by atoms with Gasteiger partial charge in [-0.1, -0.05) is 60.1 Å². The number of nitrogens with zero attached hydrogens (tertiary/aromatic N) is 4. The van der Waals surface area contributed by atoms with E-state index in [1.807, 2.05) is 24.3 Å². The molecule has 1 aromatic heterocycles. The second-order valence-corrected chi connectivity index (χ2v) is 11.4. The van der Waals surface area contributed by atoms with Crippen molar-refractivity contribution in [2.45, 2.75) is 57.4 Å². The van der Waals surface area contributed by atoms with Gasteiger partial charge < -0.3 is 32.6 Å². The van der Waals surface area contributed by atoms with E-state index in [-0.39, 0.29) is 34.3 Å². The van der Waals surface area contributed by atoms with Gasteiger partial charge in [-0.15, -0.1) is 0 Å². The summed E-state index contributed by atoms with van der Waals surface area (Å²) in [5.41, 5.74) is 26.8. The van der Waals surface area contributed by atoms with Gasteiger partial charge in [0.05, 0.1) is 7.11 Å². The molecule has 0 bridgehead atoms. The first-order valence-electron chi connectivity index (χ1n) is 15.5. The number of aliphatic imine (C=N–C) groups is 1. The number of anilines is 2. The lowest BCUT2D eigenvalue weighted by atomic mass is 9.99. The summed E-state index contributed by atoms with van der Waals surface area (Å²) in [5.74, 6) is -1.47. The number of carbonyl (C=O) groups is 3. The number of likely N-dealkylation sites (N-methyl/N-ethyl adjacent to an activating group) is 1. The first-order valence-corrected chi connectivity index (χ1v) is 15.8. The Morgan fingerprint density at radius 2 is 1.53 bits per heavy atom. The number of rotatable bonds is 16. The van der Waals surface area contributed by atoms with Crippen LogP contribution in [0, 0.1) is 0 Å². The van der Waals surface area contributed by atoms with Crippen LogP contribution in [0.4, 0.5) is 11.6 Å². The maximum Gasteiger partial charge on any atom is 0.328 e. The van der Waals surface area contributed by atoms with Crippen molar-refractivity contribution in [1.82, 2.24) is 20.2 Å². The lowest BCUT2D eigenvalue weighted by Gasteiger charge is -2.26. The summed E-state index contributed by atoms with van der Waals surface area (Å²) < 4.78 is 4.91. The maximum atomic E-state index is 12.8. The summed E-state index contributed by atoms with van der Waals surface area (Å²) in [4.78, 5) is 50.7. The molecule has 47 heavy (non-hydrogen) atoms. The van der Waals surface area contributed by atoms with Gasteiger partial charge in [-0.25, -0.2) is 14.8 Å². The van der Waals surface area contributed by atoms with E-state index in [0.29, 0.717) is 32.4 Å². The first kappa shape index (κ1) is 36.7. The minimum Gasteiger partial charge on any atom is -0.467 e. The van der Waals surface area contributed by atoms with Crippen LogP contribution in [0.3, 0.4) is 0 Å². The third-order valence-electron chi connectivity index (χ3n) is 7.65. The second kappa shape index (κ2) is 18.4. The molecule has 9 N–H and O–H groups in total. The molecule has 1 heterocycles. The molecule has 0 aliphatic rings. The lowest BCUT2D eigenvalue weighted by Crippen LogP contribution is -2.43. The molecule has 2 aromatic carbocycles. The van der Waals surface area contributed by atoms with Crippen LogP contribution in [0.1, 0.15) is 60.1 Å². The zero-order valence-electron chi connectivity index (χ0n) is 26.9. The fraction of sp³-hybridized carbons (Fsp3) is 0.394. The number of carbonyl (C=O) groups excluding carboxylic acids is 3. The predicted molar refractivity (Wildman–Crippen MR) is 184 cm³/mol. The largest absolute Gasteiger partial charge is 0.467 e. The molecule has 0 radical (unpaired) electrons. The molecule has 0 aliphatic heterocycles. The number of nitrogens with one attached hydrogen (secondary N) is 1. The number of benzene rings is 2. The molecular formula is C33H44ClN9O4. The number of aromatic nitrogens is 2. The molecule has 2 amide bonds. The summed E-state index contributed by atoms with van der Waals surface area (Å²) in [7, 11) is 2.99. The Bertz CT molecular complexity index is 1530. The van der Waals surface area contributed by atoms with Crippen LogP contribution in [0.25, 0.3) is 11.1 Å². The van der Waals surface area contributed by atoms with Gasteiger partial charge in [-0.05, 0) is 73.7 Å². The normalized spacial score (nSPS) is 12.0. The summed E-state index contributed by atoms with van der Waals surface area (Å²) in [5, 5.41) is 2.30. The highest BCUT2D eigenvalue weighted by atomic mass is 35.5. The Morgan fingerprint density at radius 1 is 0.915 bits per heavy atom. The summed E-state index contributed by atoms with van der Waals surface area (Å²) >= 11 is 5.82. The van der Waals surface area contributed by atoms with Crippen molar-refractivity contribution >= 4 is 47.0 Å². The van der Waals surface area contributed by atoms with Gasteiger partial charge >= 0.3 is 5.97 Å². The number of nitrogen functional groups attached to an aromatic ring is 2. The van der Waals surface area contributed by atoms with Crippen LogP contribution in [-0.2, 0) is 27.2 Å². The third kappa shape index (κ3) is 11.2. The maximum absolute atomic E-state index is 12.8. The first-order chi connectivity index (χ1) is 22.5. The van der Waals surface area contributed by atoms with Crippen LogP contribution in [-0.4, -0.2) is 71.9 Å². The van der Waals surface area contributed by atoms with Crippen LogP contribution in [0.5, 0.6) is 0 Å². The van der Waals surface area contributed by atoms with E-state index in [1.54, 1.807) is 7.05 Å². The van der Waals surface area contributed by atoms with E-state index < -0.39 is 17.9 Å². The summed E-state index contributed by atoms with van der Waals surface area (Å²) in [6.45, 7) is 0.977. The Hall–Kier alpha value is -4.75. The molecule has 0 saturated carbocycles. The number of hydrogen-bond donors (Lipinski definition) is 5. The Kier molecular flexibility index (Phi) is 14.4. The Morgan fingerprint density at radius 3 is 2.13 bits per heavy atom. The van der Waals surface area contributed by atoms with Gasteiger partial charge in [-0.2, -0.15) is 0 Å². The monoisotopic (exact) mass is 665 g/mol. The van der Waals surface area contributed by atoms with E-state index in [1.165, 1.54) is 17.6 Å². The molecule has 0 fully saturated rings. The average Bonchev–Trinajstić information content (AvgIpc) is 3.07. The molecule has 1 atom stereocenters. The fourth-order valence-electron chi connectivity index (χ4n) is 4.88. The van der Waals surface area contributed by atoms with Crippen molar-refractivity contribution in [3.63, 3.8) is 0 Å². The van der Waals surface area contributed by atoms with E-state index >= 15 is 0 Å². The zero-order valence-corrected chi connectivity index (χ0v) is 27.6. The highest BCUT2D eigenvalue weighted by Gasteiger charge is 2.27. The van der Waals surface area contributed by atoms with Gasteiger partial charge in [0.25, 0.3) is 5.91 Å². The number of ether oxygens (including phenoxy) is 1. The van der Waals surface area contributed by atoms with Gasteiger partial charge in [0.15, 0.2) is 28.4 Å². The number of amides is 2. The Labute approximate surface area is 280 Å². The Balaban J connectivity index is 1.42. The molecule has 252 valence electrons. The van der Waals surface area contributed by atoms with Crippen LogP contribution < -0.4 is 28.3 Å². The van der Waals surface area contributed by atoms with Crippen molar-refractivity contribution in [2.24, 2.45) is 16.5 Å². The topological polar surface area (TPSA) is 218 Å². The number of esters is 1. The predicted octanol–water partition coefficient (Wildman–Crippen LogP) is 3.09. The fourth-order valence-corrected chi connectivity index (χ4v) is 5.01. The van der Waals surface area contributed by atoms with Crippen LogP contribution >= 0.6 is 11.6 Å². The minimum atomic E-state index is -0.675. The van der Waals surface area contributed by atoms with Gasteiger partial charge in [0.2, 0.25) is 5.91 Å². The average molecular weight is 666 g/mol. The second-order valence-electron chi connectivity index (χ2n) is 11.0. The standard InChI is InChI=1S/C33H44ClN9O4/c1-43(25(32(46)47-2)8-3-5-19-35)26(44)18-13-22-11-16-24(17-12-22)23-14-9-21(10-15-23)7-4-6-20-39-33(38)42-31(45)27-29(36)41-30(37)28(34)40-27/h9-12,14-17,25H,3-8,13,18-20,35H2,1-2H3,(H4,36,37,41)(H3,38,39,42,45)/t25-/m0/s1. The number of nitrogens with two attached hydrogens (primary N) is 4. The number of aryl methyl sites for hydroxylation is 2. The summed E-state index contributed by atoms with van der Waals surface area (Å²) in [6.07, 6.45) is 5.45. The number of guanidine groups is 1. The van der Waals surface area contributed by atoms with Gasteiger partial charge in [-0.3, -0.25) is 19.9 Å². The highest BCUT2D eigenvalue weighted by molar-refractivity contribution is 6.31. The van der Waals surface area contributed by atoms with E-state index in [9.17, 15) is 14.4 Å². The molecule has 3 aromatic rings. The van der Waals surface area contributed by atoms with Crippen molar-refractivity contribution in [3.8, 4) is 11.1 Å². The van der Waals surface area contributed by atoms with Gasteiger partial charge in [0, 0.05) is 20.0 Å². The SMILES string of the molecule is COC(=O)[C@H](CCCCN)N(C)C(=O)CCc1ccc(-c2ccc(CCCCN=C(N)NC(=O)c3nc(Cl)c(N)nc3N)cc2)cc1. The number of halogens is 1. The van der Waals surface area contributed by atoms with Crippen molar-refractivity contribution in [3.05, 3.63) is 70.5 Å².